The molecule has 0 aromatic heterocycles. The molecule has 3 heteroatoms. The first-order chi connectivity index (χ1) is 7.27. The van der Waals surface area contributed by atoms with E-state index in [1.165, 1.54) is 45.4 Å². The third-order valence-corrected chi connectivity index (χ3v) is 3.48. The number of rotatable bonds is 6. The number of nitrogens with zero attached hydrogens (tertiary/aromatic N) is 2. The molecule has 1 atom stereocenters. The minimum absolute atomic E-state index is 0.781. The lowest BCUT2D eigenvalue weighted by Gasteiger charge is -2.39. The van der Waals surface area contributed by atoms with Crippen molar-refractivity contribution in [2.45, 2.75) is 32.2 Å². The molecule has 1 aliphatic heterocycles. The topological polar surface area (TPSA) is 18.5 Å². The molecule has 0 saturated carbocycles. The van der Waals surface area contributed by atoms with Gasteiger partial charge in [0.15, 0.2) is 0 Å². The Hall–Kier alpha value is -0.120. The van der Waals surface area contributed by atoms with Crippen molar-refractivity contribution in [3.63, 3.8) is 0 Å². The van der Waals surface area contributed by atoms with Gasteiger partial charge in [-0.25, -0.2) is 0 Å². The number of unbranched alkanes of at least 4 members (excludes halogenated alkanes) is 1. The summed E-state index contributed by atoms with van der Waals surface area (Å²) in [7, 11) is 4.29. The van der Waals surface area contributed by atoms with Gasteiger partial charge in [0, 0.05) is 25.7 Å². The lowest BCUT2D eigenvalue weighted by molar-refractivity contribution is 0.0921. The average molecular weight is 213 g/mol. The molecule has 0 bridgehead atoms. The second-order valence-electron chi connectivity index (χ2n) is 4.65. The molecule has 1 aliphatic rings. The van der Waals surface area contributed by atoms with E-state index in [4.69, 9.17) is 0 Å². The number of piperazine rings is 1. The number of hydrogen-bond donors (Lipinski definition) is 1. The predicted molar refractivity (Wildman–Crippen MR) is 66.3 cm³/mol. The molecule has 3 nitrogen and oxygen atoms in total. The Labute approximate surface area is 94.8 Å². The molecular formula is C12H27N3. The summed E-state index contributed by atoms with van der Waals surface area (Å²) >= 11 is 0. The highest BCUT2D eigenvalue weighted by Crippen LogP contribution is 2.10. The van der Waals surface area contributed by atoms with E-state index in [1.54, 1.807) is 0 Å². The number of hydrogen-bond acceptors (Lipinski definition) is 3. The maximum Gasteiger partial charge on any atom is 0.0218 e. The summed E-state index contributed by atoms with van der Waals surface area (Å²) in [4.78, 5) is 5.13. The molecule has 0 aromatic rings. The van der Waals surface area contributed by atoms with Gasteiger partial charge in [-0.05, 0) is 46.4 Å². The molecule has 1 rings (SSSR count). The van der Waals surface area contributed by atoms with E-state index in [0.29, 0.717) is 0 Å². The molecule has 1 fully saturated rings. The van der Waals surface area contributed by atoms with Gasteiger partial charge in [-0.2, -0.15) is 0 Å². The Balaban J connectivity index is 2.14. The van der Waals surface area contributed by atoms with Crippen LogP contribution < -0.4 is 5.32 Å². The molecule has 0 radical (unpaired) electrons. The molecule has 0 aromatic carbocycles. The lowest BCUT2D eigenvalue weighted by Crippen LogP contribution is -2.51. The van der Waals surface area contributed by atoms with Crippen molar-refractivity contribution in [3.05, 3.63) is 0 Å². The van der Waals surface area contributed by atoms with Crippen LogP contribution in [0.3, 0.4) is 0 Å². The maximum absolute atomic E-state index is 3.21. The van der Waals surface area contributed by atoms with Crippen LogP contribution in [0.4, 0.5) is 0 Å². The number of nitrogens with one attached hydrogen (secondary N) is 1. The molecular weight excluding hydrogens is 186 g/mol. The normalized spacial score (nSPS) is 24.6. The van der Waals surface area contributed by atoms with Gasteiger partial charge in [-0.1, -0.05) is 6.92 Å². The molecule has 90 valence electrons. The van der Waals surface area contributed by atoms with Gasteiger partial charge in [0.1, 0.15) is 0 Å². The average Bonchev–Trinajstić information content (AvgIpc) is 2.26. The van der Waals surface area contributed by atoms with Crippen LogP contribution in [0.25, 0.3) is 0 Å². The largest absolute Gasteiger partial charge is 0.320 e. The van der Waals surface area contributed by atoms with Gasteiger partial charge >= 0.3 is 0 Å². The van der Waals surface area contributed by atoms with Crippen LogP contribution in [-0.2, 0) is 0 Å². The zero-order valence-corrected chi connectivity index (χ0v) is 10.6. The second-order valence-corrected chi connectivity index (χ2v) is 4.65. The summed E-state index contributed by atoms with van der Waals surface area (Å²) in [6.07, 6.45) is 3.92. The third kappa shape index (κ3) is 4.49. The first-order valence-electron chi connectivity index (χ1n) is 6.35. The van der Waals surface area contributed by atoms with Crippen molar-refractivity contribution in [1.82, 2.24) is 15.1 Å². The molecule has 15 heavy (non-hydrogen) atoms. The first-order valence-corrected chi connectivity index (χ1v) is 6.35. The molecule has 0 spiro atoms. The minimum atomic E-state index is 0.781. The van der Waals surface area contributed by atoms with Gasteiger partial charge < -0.3 is 15.1 Å². The summed E-state index contributed by atoms with van der Waals surface area (Å²) < 4.78 is 0. The Bertz CT molecular complexity index is 161. The Morgan fingerprint density at radius 2 is 2.07 bits per heavy atom. The van der Waals surface area contributed by atoms with Crippen molar-refractivity contribution in [2.75, 3.05) is 46.8 Å². The van der Waals surface area contributed by atoms with Crippen LogP contribution in [0.2, 0.25) is 0 Å². The fourth-order valence-electron chi connectivity index (χ4n) is 2.29. The van der Waals surface area contributed by atoms with Crippen LogP contribution in [-0.4, -0.2) is 62.7 Å². The van der Waals surface area contributed by atoms with Crippen LogP contribution in [0, 0.1) is 0 Å². The van der Waals surface area contributed by atoms with Gasteiger partial charge in [0.25, 0.3) is 0 Å². The summed E-state index contributed by atoms with van der Waals surface area (Å²) in [5.74, 6) is 0. The van der Waals surface area contributed by atoms with E-state index in [9.17, 15) is 0 Å². The minimum Gasteiger partial charge on any atom is -0.320 e. The van der Waals surface area contributed by atoms with Gasteiger partial charge in [-0.3, -0.25) is 0 Å². The summed E-state index contributed by atoms with van der Waals surface area (Å²) in [5, 5.41) is 3.21. The van der Waals surface area contributed by atoms with Gasteiger partial charge in [0.2, 0.25) is 0 Å². The fourth-order valence-corrected chi connectivity index (χ4v) is 2.29. The molecule has 0 aliphatic carbocycles. The Morgan fingerprint density at radius 3 is 2.73 bits per heavy atom. The quantitative estimate of drug-likeness (QED) is 0.664. The highest BCUT2D eigenvalue weighted by Gasteiger charge is 2.21. The highest BCUT2D eigenvalue weighted by atomic mass is 15.3. The standard InChI is InChI=1S/C12H27N3/c1-4-12-11-15(10-9-14(12)3)8-6-5-7-13-2/h12-13H,4-11H2,1-3H3. The molecule has 1 unspecified atom stereocenters. The lowest BCUT2D eigenvalue weighted by atomic mass is 10.1. The van der Waals surface area contributed by atoms with Crippen LogP contribution in [0.15, 0.2) is 0 Å². The Morgan fingerprint density at radius 1 is 1.27 bits per heavy atom. The van der Waals surface area contributed by atoms with Crippen molar-refractivity contribution in [1.29, 1.82) is 0 Å². The van der Waals surface area contributed by atoms with E-state index < -0.39 is 0 Å². The van der Waals surface area contributed by atoms with E-state index in [2.05, 4.69) is 29.1 Å². The zero-order valence-electron chi connectivity index (χ0n) is 10.6. The monoisotopic (exact) mass is 213 g/mol. The van der Waals surface area contributed by atoms with Crippen LogP contribution >= 0.6 is 0 Å². The van der Waals surface area contributed by atoms with Crippen LogP contribution in [0.5, 0.6) is 0 Å². The van der Waals surface area contributed by atoms with E-state index >= 15 is 0 Å². The summed E-state index contributed by atoms with van der Waals surface area (Å²) in [6.45, 7) is 8.51. The smallest absolute Gasteiger partial charge is 0.0218 e. The second kappa shape index (κ2) is 7.20. The van der Waals surface area contributed by atoms with E-state index in [1.807, 2.05) is 7.05 Å². The fraction of sp³-hybridized carbons (Fsp3) is 1.00. The molecule has 1 heterocycles. The van der Waals surface area contributed by atoms with Crippen molar-refractivity contribution >= 4 is 0 Å². The zero-order chi connectivity index (χ0) is 11.1. The molecule has 1 N–H and O–H groups in total. The van der Waals surface area contributed by atoms with E-state index in [-0.39, 0.29) is 0 Å². The third-order valence-electron chi connectivity index (χ3n) is 3.48. The molecule has 0 amide bonds. The van der Waals surface area contributed by atoms with Gasteiger partial charge in [-0.15, -0.1) is 0 Å². The predicted octanol–water partition coefficient (Wildman–Crippen LogP) is 1.01. The summed E-state index contributed by atoms with van der Waals surface area (Å²) in [6, 6.07) is 0.781. The highest BCUT2D eigenvalue weighted by molar-refractivity contribution is 4.78. The van der Waals surface area contributed by atoms with E-state index in [0.717, 1.165) is 12.6 Å². The maximum atomic E-state index is 3.21. The van der Waals surface area contributed by atoms with Crippen molar-refractivity contribution in [2.24, 2.45) is 0 Å². The van der Waals surface area contributed by atoms with Gasteiger partial charge in [0.05, 0.1) is 0 Å². The Kier molecular flexibility index (Phi) is 6.22. The summed E-state index contributed by atoms with van der Waals surface area (Å²) in [5.41, 5.74) is 0. The SMILES string of the molecule is CCC1CN(CCCCNC)CCN1C. The van der Waals surface area contributed by atoms with Crippen molar-refractivity contribution in [3.8, 4) is 0 Å². The van der Waals surface area contributed by atoms with Crippen molar-refractivity contribution < 1.29 is 0 Å². The molecule has 1 saturated heterocycles. The first kappa shape index (κ1) is 12.9. The number of likely N-dealkylation sites (N-methyl/N-ethyl adjacent to an activating group) is 1. The van der Waals surface area contributed by atoms with Crippen LogP contribution in [0.1, 0.15) is 26.2 Å².